The molecule has 2 rings (SSSR count). The summed E-state index contributed by atoms with van der Waals surface area (Å²) in [6, 6.07) is 2.42. The van der Waals surface area contributed by atoms with Crippen LogP contribution >= 0.6 is 12.6 Å². The van der Waals surface area contributed by atoms with E-state index in [1.165, 1.54) is 6.92 Å². The highest BCUT2D eigenvalue weighted by Crippen LogP contribution is 2.19. The van der Waals surface area contributed by atoms with Gasteiger partial charge in [0.2, 0.25) is 17.7 Å². The van der Waals surface area contributed by atoms with E-state index in [9.17, 15) is 29.4 Å². The summed E-state index contributed by atoms with van der Waals surface area (Å²) in [6.07, 6.45) is 0.876. The minimum absolute atomic E-state index is 0.0162. The quantitative estimate of drug-likeness (QED) is 0.0493. The molecule has 3 amide bonds. The Morgan fingerprint density at radius 1 is 1.03 bits per heavy atom. The van der Waals surface area contributed by atoms with Gasteiger partial charge in [0.25, 0.3) is 0 Å². The number of carbonyl (C=O) groups excluding carboxylic acids is 3. The highest BCUT2D eigenvalue weighted by Gasteiger charge is 2.31. The number of fused-ring (bicyclic) bond motifs is 1. The molecule has 0 aliphatic carbocycles. The Bertz CT molecular complexity index is 1180. The number of aliphatic hydroxyl groups is 1. The van der Waals surface area contributed by atoms with E-state index in [1.807, 2.05) is 24.3 Å². The molecule has 15 heteroatoms. The van der Waals surface area contributed by atoms with Crippen LogP contribution in [-0.2, 0) is 25.6 Å². The molecular weight excluding hydrogens is 528 g/mol. The number of aliphatic imine (C=N–C) groups is 1. The van der Waals surface area contributed by atoms with Gasteiger partial charge in [-0.25, -0.2) is 4.79 Å². The summed E-state index contributed by atoms with van der Waals surface area (Å²) < 4.78 is 0. The third-order valence-corrected chi connectivity index (χ3v) is 6.29. The number of aromatic nitrogens is 1. The normalized spacial score (nSPS) is 14.9. The minimum atomic E-state index is -1.28. The van der Waals surface area contributed by atoms with Crippen LogP contribution in [0.5, 0.6) is 0 Å². The molecule has 0 bridgehead atoms. The van der Waals surface area contributed by atoms with Crippen LogP contribution in [0.2, 0.25) is 0 Å². The van der Waals surface area contributed by atoms with E-state index >= 15 is 0 Å². The van der Waals surface area contributed by atoms with Crippen molar-refractivity contribution in [2.45, 2.75) is 56.5 Å². The fourth-order valence-electron chi connectivity index (χ4n) is 3.72. The van der Waals surface area contributed by atoms with Crippen LogP contribution in [0.1, 0.15) is 25.3 Å². The molecule has 214 valence electrons. The molecule has 0 aliphatic rings. The third-order valence-electron chi connectivity index (χ3n) is 5.93. The first-order chi connectivity index (χ1) is 18.4. The molecule has 0 fully saturated rings. The number of nitrogens with one attached hydrogen (secondary N) is 4. The average Bonchev–Trinajstić information content (AvgIpc) is 3.30. The number of aliphatic hydroxyl groups excluding tert-OH is 1. The lowest BCUT2D eigenvalue weighted by Gasteiger charge is -2.25. The number of thiol groups is 1. The van der Waals surface area contributed by atoms with Crippen molar-refractivity contribution in [3.63, 3.8) is 0 Å². The summed E-state index contributed by atoms with van der Waals surface area (Å²) in [4.78, 5) is 57.4. The van der Waals surface area contributed by atoms with Gasteiger partial charge in [0.1, 0.15) is 24.2 Å². The lowest BCUT2D eigenvalue weighted by Crippen LogP contribution is -2.59. The molecule has 2 aromatic rings. The Hall–Kier alpha value is -3.82. The van der Waals surface area contributed by atoms with Crippen molar-refractivity contribution in [2.75, 3.05) is 12.3 Å². The number of nitrogens with zero attached hydrogens (tertiary/aromatic N) is 1. The molecule has 0 spiro atoms. The number of rotatable bonds is 15. The van der Waals surface area contributed by atoms with Crippen LogP contribution in [0.3, 0.4) is 0 Å². The molecule has 0 saturated heterocycles. The second-order valence-corrected chi connectivity index (χ2v) is 9.35. The highest BCUT2D eigenvalue weighted by molar-refractivity contribution is 7.80. The maximum atomic E-state index is 13.3. The SMILES string of the molecule is CC(O)C(N)C(=O)NC(CS)C(=O)NC(Cc1c[nH]c2ccccc12)C(=O)NC(CCCN=C(N)N)C(=O)O. The van der Waals surface area contributed by atoms with E-state index in [-0.39, 0.29) is 37.5 Å². The van der Waals surface area contributed by atoms with Crippen LogP contribution in [0.25, 0.3) is 10.9 Å². The van der Waals surface area contributed by atoms with Crippen molar-refractivity contribution in [3.8, 4) is 0 Å². The summed E-state index contributed by atoms with van der Waals surface area (Å²) in [7, 11) is 0. The Labute approximate surface area is 230 Å². The Kier molecular flexibility index (Phi) is 12.0. The van der Waals surface area contributed by atoms with Gasteiger partial charge >= 0.3 is 5.97 Å². The molecule has 1 aromatic heterocycles. The minimum Gasteiger partial charge on any atom is -0.480 e. The summed E-state index contributed by atoms with van der Waals surface area (Å²) in [5.41, 5.74) is 17.7. The van der Waals surface area contributed by atoms with E-state index in [0.717, 1.165) is 10.9 Å². The van der Waals surface area contributed by atoms with Gasteiger partial charge in [-0.2, -0.15) is 12.6 Å². The van der Waals surface area contributed by atoms with Crippen molar-refractivity contribution < 1.29 is 29.4 Å². The molecule has 0 saturated carbocycles. The first-order valence-corrected chi connectivity index (χ1v) is 12.9. The lowest BCUT2D eigenvalue weighted by molar-refractivity contribution is -0.142. The maximum Gasteiger partial charge on any atom is 0.326 e. The maximum absolute atomic E-state index is 13.3. The van der Waals surface area contributed by atoms with E-state index in [0.29, 0.717) is 5.56 Å². The first kappa shape index (κ1) is 31.4. The molecule has 5 atom stereocenters. The van der Waals surface area contributed by atoms with Crippen molar-refractivity contribution in [3.05, 3.63) is 36.0 Å². The molecule has 0 radical (unpaired) electrons. The molecule has 14 nitrogen and oxygen atoms in total. The standard InChI is InChI=1S/C24H36N8O6S/c1-12(33)19(25)22(36)32-18(11-39)21(35)31-17(9-13-10-29-15-6-3-2-5-14(13)15)20(34)30-16(23(37)38)7-4-8-28-24(26)27/h2-3,5-6,10,12,16-19,29,33,39H,4,7-9,11,25H2,1H3,(H,30,34)(H,31,35)(H,32,36)(H,37,38)(H4,26,27,28). The average molecular weight is 565 g/mol. The molecule has 12 N–H and O–H groups in total. The van der Waals surface area contributed by atoms with Gasteiger partial charge in [-0.05, 0) is 31.4 Å². The number of hydrogen-bond donors (Lipinski definition) is 10. The Balaban J connectivity index is 2.24. The number of H-pyrrole nitrogens is 1. The first-order valence-electron chi connectivity index (χ1n) is 12.2. The largest absolute Gasteiger partial charge is 0.480 e. The summed E-state index contributed by atoms with van der Waals surface area (Å²) in [5, 5.41) is 27.5. The van der Waals surface area contributed by atoms with Crippen LogP contribution < -0.4 is 33.2 Å². The van der Waals surface area contributed by atoms with Crippen molar-refractivity contribution >= 4 is 53.2 Å². The summed E-state index contributed by atoms with van der Waals surface area (Å²) >= 11 is 4.12. The molecule has 5 unspecified atom stereocenters. The van der Waals surface area contributed by atoms with Gasteiger partial charge in [-0.1, -0.05) is 18.2 Å². The van der Waals surface area contributed by atoms with Crippen molar-refractivity contribution in [1.82, 2.24) is 20.9 Å². The van der Waals surface area contributed by atoms with Crippen molar-refractivity contribution in [2.24, 2.45) is 22.2 Å². The van der Waals surface area contributed by atoms with E-state index in [4.69, 9.17) is 17.2 Å². The molecule has 1 heterocycles. The zero-order valence-electron chi connectivity index (χ0n) is 21.5. The Morgan fingerprint density at radius 3 is 2.26 bits per heavy atom. The second kappa shape index (κ2) is 14.9. The number of benzene rings is 1. The summed E-state index contributed by atoms with van der Waals surface area (Å²) in [6.45, 7) is 1.51. The number of guanidine groups is 1. The zero-order valence-corrected chi connectivity index (χ0v) is 22.4. The predicted molar refractivity (Wildman–Crippen MR) is 149 cm³/mol. The van der Waals surface area contributed by atoms with E-state index in [1.54, 1.807) is 6.20 Å². The number of para-hydroxylation sites is 1. The van der Waals surface area contributed by atoms with Crippen LogP contribution in [0, 0.1) is 0 Å². The second-order valence-electron chi connectivity index (χ2n) is 8.98. The summed E-state index contributed by atoms with van der Waals surface area (Å²) in [5.74, 6) is -3.79. The zero-order chi connectivity index (χ0) is 29.1. The molecule has 0 aliphatic heterocycles. The highest BCUT2D eigenvalue weighted by atomic mass is 32.1. The molecular formula is C24H36N8O6S. The number of amides is 3. The van der Waals surface area contributed by atoms with Gasteiger partial charge in [0.15, 0.2) is 5.96 Å². The van der Waals surface area contributed by atoms with Crippen molar-refractivity contribution in [1.29, 1.82) is 0 Å². The number of carbonyl (C=O) groups is 4. The Morgan fingerprint density at radius 2 is 1.64 bits per heavy atom. The molecule has 39 heavy (non-hydrogen) atoms. The number of aliphatic carboxylic acids is 1. The fourth-order valence-corrected chi connectivity index (χ4v) is 3.97. The number of carboxylic acid groups (broad SMARTS) is 1. The van der Waals surface area contributed by atoms with Gasteiger partial charge in [-0.3, -0.25) is 19.4 Å². The monoisotopic (exact) mass is 564 g/mol. The van der Waals surface area contributed by atoms with Crippen LogP contribution in [-0.4, -0.2) is 87.4 Å². The number of hydrogen-bond acceptors (Lipinski definition) is 8. The van der Waals surface area contributed by atoms with E-state index in [2.05, 4.69) is 38.6 Å². The topological polar surface area (TPSA) is 251 Å². The third kappa shape index (κ3) is 9.46. The van der Waals surface area contributed by atoms with E-state index < -0.39 is 54.0 Å². The van der Waals surface area contributed by atoms with Gasteiger partial charge in [0, 0.05) is 35.8 Å². The van der Waals surface area contributed by atoms with Crippen LogP contribution in [0.15, 0.2) is 35.5 Å². The van der Waals surface area contributed by atoms with Gasteiger partial charge in [-0.15, -0.1) is 0 Å². The van der Waals surface area contributed by atoms with Gasteiger partial charge in [0.05, 0.1) is 6.10 Å². The number of nitrogens with two attached hydrogens (primary N) is 3. The predicted octanol–water partition coefficient (Wildman–Crippen LogP) is -2.06. The van der Waals surface area contributed by atoms with Gasteiger partial charge < -0.3 is 48.3 Å². The number of aromatic amines is 1. The lowest BCUT2D eigenvalue weighted by atomic mass is 10.0. The molecule has 1 aromatic carbocycles. The smallest absolute Gasteiger partial charge is 0.326 e. The van der Waals surface area contributed by atoms with Crippen LogP contribution in [0.4, 0.5) is 0 Å². The number of carboxylic acids is 1. The fraction of sp³-hybridized carbons (Fsp3) is 0.458.